The third-order valence-corrected chi connectivity index (χ3v) is 3.94. The number of ether oxygens (including phenoxy) is 4. The van der Waals surface area contributed by atoms with Crippen LogP contribution in [0.3, 0.4) is 0 Å². The number of unbranched alkanes of at least 4 members (excludes halogenated alkanes) is 1. The van der Waals surface area contributed by atoms with Gasteiger partial charge in [0.1, 0.15) is 0 Å². The van der Waals surface area contributed by atoms with Crippen LogP contribution >= 0.6 is 12.6 Å². The molecule has 0 radical (unpaired) electrons. The Morgan fingerprint density at radius 1 is 0.815 bits per heavy atom. The van der Waals surface area contributed by atoms with Crippen molar-refractivity contribution >= 4 is 12.6 Å². The van der Waals surface area contributed by atoms with E-state index in [4.69, 9.17) is 24.7 Å². The summed E-state index contributed by atoms with van der Waals surface area (Å²) in [6.07, 6.45) is 6.19. The fourth-order valence-electron chi connectivity index (χ4n) is 2.38. The van der Waals surface area contributed by atoms with E-state index in [1.165, 1.54) is 6.42 Å². The van der Waals surface area contributed by atoms with E-state index in [1.54, 1.807) is 6.26 Å². The lowest BCUT2D eigenvalue weighted by Crippen LogP contribution is -2.41. The minimum absolute atomic E-state index is 0. The topological polar surface area (TPSA) is 66.2 Å². The number of nitrogens with two attached hydrogens (primary N) is 1. The third kappa shape index (κ3) is 22.3. The lowest BCUT2D eigenvalue weighted by molar-refractivity contribution is -0.00458. The summed E-state index contributed by atoms with van der Waals surface area (Å²) in [7, 11) is 0. The standard InChI is InChI=1S/C17H36N2O4.C2H6.CH4S.H2/c1-2-3-9-20-11-13-22-15-16-23-14-12-21-10-8-19-6-4-17(18)5-7-19;2*1-2;/h17H,2-16,18H2,1H3;1-2H3;2H,1H3;1H. The zero-order valence-electron chi connectivity index (χ0n) is 18.3. The molecule has 1 aliphatic heterocycles. The Labute approximate surface area is 175 Å². The van der Waals surface area contributed by atoms with Crippen LogP contribution in [0.1, 0.15) is 47.9 Å². The fourth-order valence-corrected chi connectivity index (χ4v) is 2.38. The Bertz CT molecular complexity index is 262. The van der Waals surface area contributed by atoms with Crippen molar-refractivity contribution < 1.29 is 20.4 Å². The quantitative estimate of drug-likeness (QED) is 0.318. The van der Waals surface area contributed by atoms with Gasteiger partial charge in [-0.1, -0.05) is 27.2 Å². The zero-order valence-corrected chi connectivity index (χ0v) is 19.2. The molecular weight excluding hydrogens is 364 g/mol. The zero-order chi connectivity index (χ0) is 20.6. The van der Waals surface area contributed by atoms with Gasteiger partial charge in [0.15, 0.2) is 0 Å². The number of piperidine rings is 1. The highest BCUT2D eigenvalue weighted by Crippen LogP contribution is 2.07. The molecule has 0 aromatic heterocycles. The van der Waals surface area contributed by atoms with Gasteiger partial charge >= 0.3 is 0 Å². The molecule has 0 aromatic rings. The Hall–Kier alpha value is 0.110. The molecule has 27 heavy (non-hydrogen) atoms. The molecule has 1 fully saturated rings. The molecule has 0 bridgehead atoms. The third-order valence-electron chi connectivity index (χ3n) is 3.94. The fraction of sp³-hybridized carbons (Fsp3) is 1.00. The van der Waals surface area contributed by atoms with Crippen molar-refractivity contribution in [1.82, 2.24) is 4.90 Å². The first-order valence-electron chi connectivity index (χ1n) is 10.6. The van der Waals surface area contributed by atoms with E-state index >= 15 is 0 Å². The second kappa shape index (κ2) is 26.1. The van der Waals surface area contributed by atoms with Crippen molar-refractivity contribution in [3.05, 3.63) is 0 Å². The number of likely N-dealkylation sites (tertiary alicyclic amines) is 1. The summed E-state index contributed by atoms with van der Waals surface area (Å²) in [4.78, 5) is 2.42. The maximum Gasteiger partial charge on any atom is 0.0701 e. The van der Waals surface area contributed by atoms with Crippen LogP contribution in [0.4, 0.5) is 0 Å². The molecule has 2 N–H and O–H groups in total. The first-order valence-corrected chi connectivity index (χ1v) is 11.5. The number of thiol groups is 1. The summed E-state index contributed by atoms with van der Waals surface area (Å²) >= 11 is 3.53. The summed E-state index contributed by atoms with van der Waals surface area (Å²) in [5, 5.41) is 0. The summed E-state index contributed by atoms with van der Waals surface area (Å²) in [6.45, 7) is 14.8. The highest BCUT2D eigenvalue weighted by atomic mass is 32.1. The van der Waals surface area contributed by atoms with Crippen LogP contribution in [-0.4, -0.2) is 89.7 Å². The second-order valence-electron chi connectivity index (χ2n) is 5.98. The van der Waals surface area contributed by atoms with Crippen molar-refractivity contribution in [2.75, 3.05) is 78.7 Å². The summed E-state index contributed by atoms with van der Waals surface area (Å²) in [6, 6.07) is 0.394. The molecule has 6 nitrogen and oxygen atoms in total. The summed E-state index contributed by atoms with van der Waals surface area (Å²) < 4.78 is 21.9. The second-order valence-corrected chi connectivity index (χ2v) is 5.98. The molecule has 0 unspecified atom stereocenters. The number of nitrogens with zero attached hydrogens (tertiary/aromatic N) is 1. The van der Waals surface area contributed by atoms with Crippen LogP contribution in [0.2, 0.25) is 0 Å². The normalized spacial score (nSPS) is 14.9. The van der Waals surface area contributed by atoms with E-state index < -0.39 is 0 Å². The molecular formula is C20H48N2O4S. The van der Waals surface area contributed by atoms with Gasteiger partial charge in [0.25, 0.3) is 0 Å². The average Bonchev–Trinajstić information content (AvgIpc) is 2.72. The molecule has 1 saturated heterocycles. The van der Waals surface area contributed by atoms with Gasteiger partial charge in [0.05, 0.1) is 46.2 Å². The molecule has 1 heterocycles. The van der Waals surface area contributed by atoms with Crippen LogP contribution in [0.5, 0.6) is 0 Å². The minimum atomic E-state index is 0. The van der Waals surface area contributed by atoms with Crippen LogP contribution in [0, 0.1) is 0 Å². The Morgan fingerprint density at radius 3 is 1.67 bits per heavy atom. The lowest BCUT2D eigenvalue weighted by atomic mass is 10.1. The Balaban J connectivity index is -0.00000117. The van der Waals surface area contributed by atoms with Crippen LogP contribution < -0.4 is 5.73 Å². The van der Waals surface area contributed by atoms with E-state index in [0.717, 1.165) is 52.1 Å². The number of hydrogen-bond donors (Lipinski definition) is 2. The van der Waals surface area contributed by atoms with Crippen molar-refractivity contribution in [2.24, 2.45) is 5.73 Å². The van der Waals surface area contributed by atoms with Gasteiger partial charge in [-0.15, -0.1) is 0 Å². The van der Waals surface area contributed by atoms with Crippen LogP contribution in [0.25, 0.3) is 0 Å². The van der Waals surface area contributed by atoms with E-state index in [-0.39, 0.29) is 1.43 Å². The van der Waals surface area contributed by atoms with Crippen LogP contribution in [-0.2, 0) is 18.9 Å². The maximum absolute atomic E-state index is 5.89. The van der Waals surface area contributed by atoms with Gasteiger partial charge in [-0.05, 0) is 38.6 Å². The van der Waals surface area contributed by atoms with Crippen molar-refractivity contribution in [2.45, 2.75) is 52.5 Å². The summed E-state index contributed by atoms with van der Waals surface area (Å²) in [5.74, 6) is 0. The van der Waals surface area contributed by atoms with E-state index in [1.807, 2.05) is 13.8 Å². The van der Waals surface area contributed by atoms with E-state index in [0.29, 0.717) is 45.7 Å². The highest BCUT2D eigenvalue weighted by Gasteiger charge is 2.14. The van der Waals surface area contributed by atoms with Gasteiger partial charge in [0, 0.05) is 20.6 Å². The van der Waals surface area contributed by atoms with Crippen molar-refractivity contribution in [1.29, 1.82) is 0 Å². The van der Waals surface area contributed by atoms with Crippen LogP contribution in [0.15, 0.2) is 0 Å². The molecule has 0 aromatic carbocycles. The molecule has 1 aliphatic rings. The molecule has 0 spiro atoms. The molecule has 168 valence electrons. The molecule has 1 rings (SSSR count). The predicted molar refractivity (Wildman–Crippen MR) is 120 cm³/mol. The highest BCUT2D eigenvalue weighted by molar-refractivity contribution is 7.79. The monoisotopic (exact) mass is 412 g/mol. The minimum Gasteiger partial charge on any atom is -0.379 e. The lowest BCUT2D eigenvalue weighted by Gasteiger charge is -2.29. The maximum atomic E-state index is 5.89. The van der Waals surface area contributed by atoms with Crippen molar-refractivity contribution in [3.63, 3.8) is 0 Å². The summed E-state index contributed by atoms with van der Waals surface area (Å²) in [5.41, 5.74) is 5.89. The van der Waals surface area contributed by atoms with E-state index in [2.05, 4.69) is 24.5 Å². The molecule has 0 atom stereocenters. The molecule has 0 aliphatic carbocycles. The van der Waals surface area contributed by atoms with Gasteiger partial charge in [-0.2, -0.15) is 12.6 Å². The average molecular weight is 413 g/mol. The molecule has 7 heteroatoms. The smallest absolute Gasteiger partial charge is 0.0701 e. The predicted octanol–water partition coefficient (Wildman–Crippen LogP) is 3.09. The Kier molecular flexibility index (Phi) is 28.3. The van der Waals surface area contributed by atoms with Gasteiger partial charge in [0.2, 0.25) is 0 Å². The number of rotatable bonds is 15. The van der Waals surface area contributed by atoms with Gasteiger partial charge < -0.3 is 29.6 Å². The molecule has 0 saturated carbocycles. The first-order chi connectivity index (χ1) is 13.3. The molecule has 0 amide bonds. The van der Waals surface area contributed by atoms with Gasteiger partial charge in [-0.3, -0.25) is 0 Å². The van der Waals surface area contributed by atoms with Crippen molar-refractivity contribution in [3.8, 4) is 0 Å². The SMILES string of the molecule is CC.CCCCOCCOCCOCCOCCN1CCC(N)CC1.CS.[HH]. The Morgan fingerprint density at radius 2 is 1.22 bits per heavy atom. The number of hydrogen-bond acceptors (Lipinski definition) is 7. The van der Waals surface area contributed by atoms with Gasteiger partial charge in [-0.25, -0.2) is 0 Å². The van der Waals surface area contributed by atoms with E-state index in [9.17, 15) is 0 Å². The first kappa shape index (κ1) is 29.3. The largest absolute Gasteiger partial charge is 0.379 e.